The number of aliphatic hydroxyl groups excluding tert-OH is 1. The largest absolute Gasteiger partial charge is 0.461 e. The van der Waals surface area contributed by atoms with Gasteiger partial charge in [0.25, 0.3) is 5.91 Å². The lowest BCUT2D eigenvalue weighted by atomic mass is 9.65. The van der Waals surface area contributed by atoms with Crippen molar-refractivity contribution >= 4 is 34.2 Å². The summed E-state index contributed by atoms with van der Waals surface area (Å²) in [4.78, 5) is 44.7. The molecule has 8 nitrogen and oxygen atoms in total. The van der Waals surface area contributed by atoms with Crippen LogP contribution >= 0.6 is 0 Å². The summed E-state index contributed by atoms with van der Waals surface area (Å²) in [5.41, 5.74) is -1.40. The van der Waals surface area contributed by atoms with Crippen LogP contribution in [0.3, 0.4) is 0 Å². The minimum absolute atomic E-state index is 0.0286. The van der Waals surface area contributed by atoms with E-state index in [1.165, 1.54) is 11.0 Å². The van der Waals surface area contributed by atoms with E-state index in [0.717, 1.165) is 10.8 Å². The Bertz CT molecular complexity index is 1290. The molecule has 0 saturated carbocycles. The van der Waals surface area contributed by atoms with Gasteiger partial charge in [0.15, 0.2) is 0 Å². The van der Waals surface area contributed by atoms with E-state index in [0.29, 0.717) is 24.9 Å². The Kier molecular flexibility index (Phi) is 6.88. The van der Waals surface area contributed by atoms with Crippen molar-refractivity contribution in [3.05, 3.63) is 67.8 Å². The maximum Gasteiger partial charge on any atom is 0.313 e. The van der Waals surface area contributed by atoms with Crippen LogP contribution in [0, 0.1) is 11.8 Å². The van der Waals surface area contributed by atoms with Crippen molar-refractivity contribution < 1.29 is 29.0 Å². The summed E-state index contributed by atoms with van der Waals surface area (Å²) in [6, 6.07) is 12.7. The first-order valence-electron chi connectivity index (χ1n) is 13.2. The SMILES string of the molecule is C=CCOC(=O)[C@@H]1[C@H]2C(=O)N(CCO)C(C(=O)N(CC=C)c3ccc4ccccc4c3)C23CC[C@@]1(CC)O3. The zero-order chi connectivity index (χ0) is 27.1. The highest BCUT2D eigenvalue weighted by molar-refractivity contribution is 6.05. The van der Waals surface area contributed by atoms with Crippen LogP contribution < -0.4 is 4.90 Å². The molecule has 8 heteroatoms. The number of β-amino-alcohol motifs (C(OH)–C–C–N with tert-alkyl or cyclic N) is 1. The Morgan fingerprint density at radius 2 is 1.95 bits per heavy atom. The maximum absolute atomic E-state index is 14.5. The number of hydrogen-bond acceptors (Lipinski definition) is 6. The zero-order valence-electron chi connectivity index (χ0n) is 21.7. The van der Waals surface area contributed by atoms with E-state index in [1.54, 1.807) is 11.0 Å². The Morgan fingerprint density at radius 1 is 1.18 bits per heavy atom. The van der Waals surface area contributed by atoms with Crippen LogP contribution in [0.15, 0.2) is 67.8 Å². The summed E-state index contributed by atoms with van der Waals surface area (Å²) >= 11 is 0. The fraction of sp³-hybridized carbons (Fsp3) is 0.433. The molecule has 0 radical (unpaired) electrons. The molecule has 3 heterocycles. The third kappa shape index (κ3) is 3.77. The Morgan fingerprint density at radius 3 is 2.63 bits per heavy atom. The van der Waals surface area contributed by atoms with Gasteiger partial charge in [-0.3, -0.25) is 14.4 Å². The van der Waals surface area contributed by atoms with Crippen molar-refractivity contribution in [1.29, 1.82) is 0 Å². The Labute approximate surface area is 222 Å². The summed E-state index contributed by atoms with van der Waals surface area (Å²) < 4.78 is 12.1. The average molecular weight is 519 g/mol. The van der Waals surface area contributed by atoms with Gasteiger partial charge in [0, 0.05) is 18.8 Å². The standard InChI is InChI=1S/C30H34N2O6/c1-4-15-31(22-12-11-20-9-7-8-10-21(20)19-22)27(35)25-30-14-13-29(6-3,38-30)24(28(36)37-18-5-2)23(30)26(34)32(25)16-17-33/h4-5,7-12,19,23-25,33H,1-2,6,13-18H2,3H3/t23-,24-,25?,29+,30?/m0/s1. The third-order valence-corrected chi connectivity index (χ3v) is 8.48. The molecule has 2 bridgehead atoms. The number of carbonyl (C=O) groups excluding carboxylic acids is 3. The highest BCUT2D eigenvalue weighted by Crippen LogP contribution is 2.64. The van der Waals surface area contributed by atoms with Gasteiger partial charge in [-0.25, -0.2) is 0 Å². The van der Waals surface area contributed by atoms with Gasteiger partial charge in [-0.2, -0.15) is 0 Å². The van der Waals surface area contributed by atoms with Gasteiger partial charge < -0.3 is 24.4 Å². The fourth-order valence-corrected chi connectivity index (χ4v) is 6.88. The summed E-state index contributed by atoms with van der Waals surface area (Å²) in [5, 5.41) is 11.9. The molecule has 5 atom stereocenters. The lowest BCUT2D eigenvalue weighted by Gasteiger charge is -2.36. The van der Waals surface area contributed by atoms with Crippen LogP contribution in [0.4, 0.5) is 5.69 Å². The summed E-state index contributed by atoms with van der Waals surface area (Å²) in [5.74, 6) is -2.89. The lowest BCUT2D eigenvalue weighted by molar-refractivity contribution is -0.160. The molecule has 2 aromatic carbocycles. The number of nitrogens with zero attached hydrogens (tertiary/aromatic N) is 2. The van der Waals surface area contributed by atoms with E-state index in [1.807, 2.05) is 49.4 Å². The van der Waals surface area contributed by atoms with Gasteiger partial charge in [-0.05, 0) is 42.2 Å². The number of anilines is 1. The van der Waals surface area contributed by atoms with Gasteiger partial charge in [0.2, 0.25) is 5.91 Å². The number of ether oxygens (including phenoxy) is 2. The molecule has 2 amide bonds. The number of benzene rings is 2. The summed E-state index contributed by atoms with van der Waals surface area (Å²) in [6.07, 6.45) is 4.63. The van der Waals surface area contributed by atoms with Crippen molar-refractivity contribution in [2.75, 3.05) is 31.2 Å². The molecule has 3 fully saturated rings. The number of fused-ring (bicyclic) bond motifs is 2. The number of esters is 1. The Balaban J connectivity index is 1.59. The first-order valence-corrected chi connectivity index (χ1v) is 13.2. The number of amides is 2. The van der Waals surface area contributed by atoms with Crippen LogP contribution in [0.1, 0.15) is 26.2 Å². The van der Waals surface area contributed by atoms with Crippen LogP contribution in [0.2, 0.25) is 0 Å². The lowest BCUT2D eigenvalue weighted by Crippen LogP contribution is -2.56. The molecule has 1 N–H and O–H groups in total. The minimum Gasteiger partial charge on any atom is -0.461 e. The van der Waals surface area contributed by atoms with E-state index >= 15 is 0 Å². The molecule has 3 aliphatic heterocycles. The normalized spacial score (nSPS) is 29.4. The third-order valence-electron chi connectivity index (χ3n) is 8.48. The molecule has 3 aliphatic rings. The Hall–Kier alpha value is -3.49. The van der Waals surface area contributed by atoms with Crippen LogP contribution in [-0.4, -0.2) is 71.3 Å². The van der Waals surface area contributed by atoms with E-state index in [9.17, 15) is 19.5 Å². The predicted octanol–water partition coefficient (Wildman–Crippen LogP) is 3.24. The molecule has 5 rings (SSSR count). The molecule has 0 aliphatic carbocycles. The monoisotopic (exact) mass is 518 g/mol. The first kappa shape index (κ1) is 26.1. The highest BCUT2D eigenvalue weighted by Gasteiger charge is 2.79. The van der Waals surface area contributed by atoms with Crippen molar-refractivity contribution in [2.24, 2.45) is 11.8 Å². The molecule has 38 heavy (non-hydrogen) atoms. The molecule has 0 aromatic heterocycles. The van der Waals surface area contributed by atoms with E-state index < -0.39 is 35.0 Å². The minimum atomic E-state index is -1.19. The first-order chi connectivity index (χ1) is 18.4. The second-order valence-corrected chi connectivity index (χ2v) is 10.3. The quantitative estimate of drug-likeness (QED) is 0.383. The molecular formula is C30H34N2O6. The number of hydrogen-bond donors (Lipinski definition) is 1. The second kappa shape index (κ2) is 10.0. The van der Waals surface area contributed by atoms with Gasteiger partial charge >= 0.3 is 5.97 Å². The van der Waals surface area contributed by atoms with Crippen LogP contribution in [0.5, 0.6) is 0 Å². The molecular weight excluding hydrogens is 484 g/mol. The van der Waals surface area contributed by atoms with E-state index in [2.05, 4.69) is 13.2 Å². The van der Waals surface area contributed by atoms with Gasteiger partial charge in [-0.1, -0.05) is 56.0 Å². The molecule has 200 valence electrons. The van der Waals surface area contributed by atoms with E-state index in [4.69, 9.17) is 9.47 Å². The van der Waals surface area contributed by atoms with Crippen molar-refractivity contribution in [1.82, 2.24) is 4.90 Å². The van der Waals surface area contributed by atoms with Crippen LogP contribution in [0.25, 0.3) is 10.8 Å². The topological polar surface area (TPSA) is 96.4 Å². The average Bonchev–Trinajstić information content (AvgIpc) is 3.54. The van der Waals surface area contributed by atoms with Crippen molar-refractivity contribution in [3.63, 3.8) is 0 Å². The molecule has 1 spiro atoms. The second-order valence-electron chi connectivity index (χ2n) is 10.3. The predicted molar refractivity (Wildman–Crippen MR) is 143 cm³/mol. The van der Waals surface area contributed by atoms with Gasteiger partial charge in [0.05, 0.1) is 18.1 Å². The number of likely N-dealkylation sites (tertiary alicyclic amines) is 1. The summed E-state index contributed by atoms with van der Waals surface area (Å²) in [7, 11) is 0. The van der Waals surface area contributed by atoms with Gasteiger partial charge in [0.1, 0.15) is 24.2 Å². The van der Waals surface area contributed by atoms with Gasteiger partial charge in [-0.15, -0.1) is 6.58 Å². The molecule has 3 saturated heterocycles. The molecule has 2 unspecified atom stereocenters. The van der Waals surface area contributed by atoms with Crippen LogP contribution in [-0.2, 0) is 23.9 Å². The van der Waals surface area contributed by atoms with Crippen molar-refractivity contribution in [3.8, 4) is 0 Å². The number of aliphatic hydroxyl groups is 1. The highest BCUT2D eigenvalue weighted by atomic mass is 16.6. The smallest absolute Gasteiger partial charge is 0.313 e. The number of rotatable bonds is 10. The number of carbonyl (C=O) groups is 3. The zero-order valence-corrected chi connectivity index (χ0v) is 21.7. The maximum atomic E-state index is 14.5. The summed E-state index contributed by atoms with van der Waals surface area (Å²) in [6.45, 7) is 9.29. The fourth-order valence-electron chi connectivity index (χ4n) is 6.88. The van der Waals surface area contributed by atoms with E-state index in [-0.39, 0.29) is 38.1 Å². The molecule has 2 aromatic rings. The van der Waals surface area contributed by atoms with Crippen molar-refractivity contribution in [2.45, 2.75) is 43.4 Å².